The molecule has 1 saturated heterocycles. The molecule has 3 heterocycles. The third kappa shape index (κ3) is 4.08. The standard InChI is InChI=1S/C21H29N5O2S/c1-12-13(2)24-25-20-17(12)18(22)19(29-20)21(28)26-9-8-15(11-26)23-16(27)10-14-6-4-3-5-7-14/h14-15H,3-11,22H2,1-2H3,(H,23,27). The number of thiophene rings is 1. The van der Waals surface area contributed by atoms with Gasteiger partial charge in [-0.25, -0.2) is 0 Å². The van der Waals surface area contributed by atoms with E-state index in [-0.39, 0.29) is 17.9 Å². The molecule has 0 spiro atoms. The van der Waals surface area contributed by atoms with E-state index in [0.717, 1.165) is 35.9 Å². The Morgan fingerprint density at radius 1 is 1.17 bits per heavy atom. The Kier molecular flexibility index (Phi) is 5.72. The predicted octanol–water partition coefficient (Wildman–Crippen LogP) is 3.19. The number of rotatable bonds is 4. The average Bonchev–Trinajstić information content (AvgIpc) is 3.30. The minimum Gasteiger partial charge on any atom is -0.397 e. The first-order valence-electron chi connectivity index (χ1n) is 10.5. The molecule has 0 radical (unpaired) electrons. The highest BCUT2D eigenvalue weighted by Crippen LogP contribution is 2.36. The zero-order valence-electron chi connectivity index (χ0n) is 17.2. The highest BCUT2D eigenvalue weighted by molar-refractivity contribution is 7.21. The molecule has 2 aliphatic rings. The second-order valence-corrected chi connectivity index (χ2v) is 9.45. The van der Waals surface area contributed by atoms with Gasteiger partial charge in [0.05, 0.1) is 11.4 Å². The van der Waals surface area contributed by atoms with Gasteiger partial charge in [0.15, 0.2) is 0 Å². The van der Waals surface area contributed by atoms with E-state index >= 15 is 0 Å². The fourth-order valence-corrected chi connectivity index (χ4v) is 5.61. The molecule has 1 saturated carbocycles. The molecular formula is C21H29N5O2S. The molecule has 2 amide bonds. The number of likely N-dealkylation sites (tertiary alicyclic amines) is 1. The van der Waals surface area contributed by atoms with Gasteiger partial charge in [-0.05, 0) is 44.6 Å². The summed E-state index contributed by atoms with van der Waals surface area (Å²) in [5, 5.41) is 12.3. The monoisotopic (exact) mass is 415 g/mol. The van der Waals surface area contributed by atoms with Crippen LogP contribution in [0.25, 0.3) is 10.2 Å². The van der Waals surface area contributed by atoms with E-state index in [1.807, 2.05) is 13.8 Å². The van der Waals surface area contributed by atoms with Crippen molar-refractivity contribution in [2.24, 2.45) is 5.92 Å². The van der Waals surface area contributed by atoms with Crippen LogP contribution in [0, 0.1) is 19.8 Å². The molecule has 2 fully saturated rings. The van der Waals surface area contributed by atoms with Crippen LogP contribution in [0.1, 0.15) is 65.9 Å². The molecular weight excluding hydrogens is 386 g/mol. The Morgan fingerprint density at radius 2 is 1.93 bits per heavy atom. The van der Waals surface area contributed by atoms with E-state index in [0.29, 0.717) is 40.8 Å². The van der Waals surface area contributed by atoms with Gasteiger partial charge in [0.2, 0.25) is 5.91 Å². The van der Waals surface area contributed by atoms with Crippen LogP contribution in [0.5, 0.6) is 0 Å². The van der Waals surface area contributed by atoms with Crippen LogP contribution >= 0.6 is 11.3 Å². The molecule has 29 heavy (non-hydrogen) atoms. The zero-order chi connectivity index (χ0) is 20.5. The highest BCUT2D eigenvalue weighted by atomic mass is 32.1. The summed E-state index contributed by atoms with van der Waals surface area (Å²) in [5.74, 6) is 0.569. The van der Waals surface area contributed by atoms with Crippen molar-refractivity contribution >= 4 is 39.1 Å². The largest absolute Gasteiger partial charge is 0.397 e. The van der Waals surface area contributed by atoms with E-state index < -0.39 is 0 Å². The van der Waals surface area contributed by atoms with Crippen molar-refractivity contribution in [3.05, 3.63) is 16.1 Å². The molecule has 3 N–H and O–H groups in total. The van der Waals surface area contributed by atoms with Gasteiger partial charge in [0.25, 0.3) is 5.91 Å². The van der Waals surface area contributed by atoms with Crippen LogP contribution in [-0.2, 0) is 4.79 Å². The van der Waals surface area contributed by atoms with Gasteiger partial charge in [0, 0.05) is 30.9 Å². The van der Waals surface area contributed by atoms with Crippen molar-refractivity contribution in [3.8, 4) is 0 Å². The molecule has 0 bridgehead atoms. The molecule has 8 heteroatoms. The normalized spacial score (nSPS) is 20.3. The number of carbonyl (C=O) groups excluding carboxylic acids is 2. The SMILES string of the molecule is Cc1nnc2sc(C(=O)N3CCC(NC(=O)CC4CCCCC4)C3)c(N)c2c1C. The third-order valence-corrected chi connectivity index (χ3v) is 7.45. The maximum Gasteiger partial charge on any atom is 0.266 e. The summed E-state index contributed by atoms with van der Waals surface area (Å²) in [6.45, 7) is 5.01. The number of anilines is 1. The van der Waals surface area contributed by atoms with Crippen LogP contribution in [0.4, 0.5) is 5.69 Å². The summed E-state index contributed by atoms with van der Waals surface area (Å²) in [6.07, 6.45) is 7.50. The summed E-state index contributed by atoms with van der Waals surface area (Å²) < 4.78 is 0. The Bertz CT molecular complexity index is 935. The van der Waals surface area contributed by atoms with E-state index in [1.165, 1.54) is 30.6 Å². The van der Waals surface area contributed by atoms with Crippen molar-refractivity contribution in [3.63, 3.8) is 0 Å². The maximum atomic E-state index is 13.1. The molecule has 7 nitrogen and oxygen atoms in total. The van der Waals surface area contributed by atoms with Crippen LogP contribution < -0.4 is 11.1 Å². The molecule has 1 atom stereocenters. The van der Waals surface area contributed by atoms with Gasteiger partial charge in [-0.1, -0.05) is 19.3 Å². The molecule has 156 valence electrons. The molecule has 2 aromatic heterocycles. The maximum absolute atomic E-state index is 13.1. The van der Waals surface area contributed by atoms with Crippen molar-refractivity contribution < 1.29 is 9.59 Å². The second-order valence-electron chi connectivity index (χ2n) is 8.45. The van der Waals surface area contributed by atoms with Crippen molar-refractivity contribution in [1.29, 1.82) is 0 Å². The van der Waals surface area contributed by atoms with Crippen molar-refractivity contribution in [2.75, 3.05) is 18.8 Å². The summed E-state index contributed by atoms with van der Waals surface area (Å²) >= 11 is 1.30. The summed E-state index contributed by atoms with van der Waals surface area (Å²) in [6, 6.07) is 0.0226. The third-order valence-electron chi connectivity index (χ3n) is 6.37. The molecule has 2 aromatic rings. The lowest BCUT2D eigenvalue weighted by Crippen LogP contribution is -2.39. The highest BCUT2D eigenvalue weighted by Gasteiger charge is 2.31. The predicted molar refractivity (Wildman–Crippen MR) is 115 cm³/mol. The molecule has 0 aromatic carbocycles. The van der Waals surface area contributed by atoms with Gasteiger partial charge in [-0.2, -0.15) is 5.10 Å². The Hall–Kier alpha value is -2.22. The van der Waals surface area contributed by atoms with Crippen LogP contribution in [0.3, 0.4) is 0 Å². The van der Waals surface area contributed by atoms with Crippen molar-refractivity contribution in [1.82, 2.24) is 20.4 Å². The lowest BCUT2D eigenvalue weighted by atomic mass is 9.87. The number of hydrogen-bond acceptors (Lipinski definition) is 6. The minimum atomic E-state index is -0.0772. The van der Waals surface area contributed by atoms with E-state index in [2.05, 4.69) is 15.5 Å². The van der Waals surface area contributed by atoms with E-state index in [4.69, 9.17) is 5.73 Å². The van der Waals surface area contributed by atoms with Gasteiger partial charge >= 0.3 is 0 Å². The summed E-state index contributed by atoms with van der Waals surface area (Å²) in [5.41, 5.74) is 8.61. The average molecular weight is 416 g/mol. The Balaban J connectivity index is 1.39. The number of nitrogens with one attached hydrogen (secondary N) is 1. The van der Waals surface area contributed by atoms with Gasteiger partial charge in [0.1, 0.15) is 9.71 Å². The van der Waals surface area contributed by atoms with Gasteiger partial charge in [-0.15, -0.1) is 16.4 Å². The lowest BCUT2D eigenvalue weighted by molar-refractivity contribution is -0.122. The quantitative estimate of drug-likeness (QED) is 0.799. The topological polar surface area (TPSA) is 101 Å². The Morgan fingerprint density at radius 3 is 2.69 bits per heavy atom. The number of fused-ring (bicyclic) bond motifs is 1. The molecule has 1 unspecified atom stereocenters. The van der Waals surface area contributed by atoms with Gasteiger partial charge in [-0.3, -0.25) is 9.59 Å². The first kappa shape index (κ1) is 20.1. The minimum absolute atomic E-state index is 0.0226. The number of aryl methyl sites for hydroxylation is 2. The van der Waals surface area contributed by atoms with E-state index in [9.17, 15) is 9.59 Å². The van der Waals surface area contributed by atoms with Gasteiger partial charge < -0.3 is 16.0 Å². The van der Waals surface area contributed by atoms with Crippen molar-refractivity contribution in [2.45, 2.75) is 64.8 Å². The fourth-order valence-electron chi connectivity index (χ4n) is 4.55. The zero-order valence-corrected chi connectivity index (χ0v) is 18.0. The number of hydrogen-bond donors (Lipinski definition) is 2. The fraction of sp³-hybridized carbons (Fsp3) is 0.619. The number of nitrogens with zero attached hydrogens (tertiary/aromatic N) is 3. The summed E-state index contributed by atoms with van der Waals surface area (Å²) in [4.78, 5) is 28.5. The van der Waals surface area contributed by atoms with E-state index in [1.54, 1.807) is 4.90 Å². The lowest BCUT2D eigenvalue weighted by Gasteiger charge is -2.22. The smallest absolute Gasteiger partial charge is 0.266 e. The number of nitrogens with two attached hydrogens (primary N) is 1. The Labute approximate surface area is 175 Å². The van der Waals surface area contributed by atoms with Crippen LogP contribution in [0.2, 0.25) is 0 Å². The first-order valence-corrected chi connectivity index (χ1v) is 11.4. The first-order chi connectivity index (χ1) is 13.9. The van der Waals surface area contributed by atoms with Crippen LogP contribution in [-0.4, -0.2) is 46.0 Å². The molecule has 1 aliphatic carbocycles. The number of nitrogen functional groups attached to an aromatic ring is 1. The number of aromatic nitrogens is 2. The number of amides is 2. The second kappa shape index (κ2) is 8.26. The van der Waals surface area contributed by atoms with Crippen LogP contribution in [0.15, 0.2) is 0 Å². The molecule has 1 aliphatic heterocycles. The summed E-state index contributed by atoms with van der Waals surface area (Å²) in [7, 11) is 0. The molecule has 4 rings (SSSR count). The number of carbonyl (C=O) groups is 2.